The Morgan fingerprint density at radius 1 is 1.03 bits per heavy atom. The molecular weight excluding hydrogens is 484 g/mol. The van der Waals surface area contributed by atoms with Crippen LogP contribution in [-0.4, -0.2) is 52.8 Å². The van der Waals surface area contributed by atoms with Crippen LogP contribution in [0.1, 0.15) is 16.8 Å². The largest absolute Gasteiger partial charge is 0.309 e. The van der Waals surface area contributed by atoms with Crippen LogP contribution >= 0.6 is 23.7 Å². The number of nitrogens with zero attached hydrogens (tertiary/aromatic N) is 5. The van der Waals surface area contributed by atoms with Gasteiger partial charge in [-0.15, -0.1) is 12.4 Å². The number of halogens is 3. The first-order valence-electron chi connectivity index (χ1n) is 9.23. The van der Waals surface area contributed by atoms with Crippen LogP contribution in [0.4, 0.5) is 25.3 Å². The second-order valence-electron chi connectivity index (χ2n) is 7.10. The molecule has 0 aliphatic heterocycles. The molecule has 1 amide bonds. The van der Waals surface area contributed by atoms with Gasteiger partial charge in [0, 0.05) is 24.7 Å². The number of benzene rings is 2. The van der Waals surface area contributed by atoms with Gasteiger partial charge < -0.3 is 4.90 Å². The van der Waals surface area contributed by atoms with Gasteiger partial charge in [-0.05, 0) is 33.1 Å². The summed E-state index contributed by atoms with van der Waals surface area (Å²) >= 11 is 0.869. The number of thiazole rings is 1. The molecule has 1 aromatic heterocycles. The zero-order chi connectivity index (χ0) is 23.6. The average molecular weight is 502 g/mol. The molecule has 3 rings (SSSR count). The number of hydrogen-bond acceptors (Lipinski definition) is 8. The van der Waals surface area contributed by atoms with E-state index in [1.807, 2.05) is 19.0 Å². The molecule has 0 unspecified atom stereocenters. The van der Waals surface area contributed by atoms with Gasteiger partial charge in [0.15, 0.2) is 10.9 Å². The Balaban J connectivity index is 0.00000385. The van der Waals surface area contributed by atoms with Gasteiger partial charge in [-0.1, -0.05) is 11.3 Å². The van der Waals surface area contributed by atoms with Crippen LogP contribution in [0.25, 0.3) is 10.2 Å². The monoisotopic (exact) mass is 501 g/mol. The van der Waals surface area contributed by atoms with Gasteiger partial charge in [0.25, 0.3) is 17.3 Å². The smallest absolute Gasteiger partial charge is 0.277 e. The van der Waals surface area contributed by atoms with Gasteiger partial charge in [0.05, 0.1) is 26.2 Å². The number of carbonyl (C=O) groups is 1. The molecule has 0 bridgehead atoms. The lowest BCUT2D eigenvalue weighted by atomic mass is 10.1. The van der Waals surface area contributed by atoms with E-state index in [9.17, 15) is 33.8 Å². The van der Waals surface area contributed by atoms with Crippen molar-refractivity contribution in [1.29, 1.82) is 0 Å². The molecule has 176 valence electrons. The number of rotatable bonds is 8. The van der Waals surface area contributed by atoms with Crippen LogP contribution < -0.4 is 4.90 Å². The second-order valence-corrected chi connectivity index (χ2v) is 8.11. The number of carbonyl (C=O) groups excluding carboxylic acids is 1. The molecule has 3 aromatic rings. The Kier molecular flexibility index (Phi) is 8.30. The van der Waals surface area contributed by atoms with Gasteiger partial charge in [0.2, 0.25) is 0 Å². The predicted molar refractivity (Wildman–Crippen MR) is 121 cm³/mol. The zero-order valence-corrected chi connectivity index (χ0v) is 19.0. The number of hydrogen-bond donors (Lipinski definition) is 0. The number of aromatic nitrogens is 1. The van der Waals surface area contributed by atoms with Crippen molar-refractivity contribution in [1.82, 2.24) is 9.88 Å². The maximum atomic E-state index is 14.1. The van der Waals surface area contributed by atoms with Gasteiger partial charge in [-0.2, -0.15) is 0 Å². The van der Waals surface area contributed by atoms with E-state index in [1.54, 1.807) is 0 Å². The number of non-ortho nitro benzene ring substituents is 2. The summed E-state index contributed by atoms with van der Waals surface area (Å²) in [6.07, 6.45) is 0.461. The van der Waals surface area contributed by atoms with E-state index in [0.717, 1.165) is 40.5 Å². The quantitative estimate of drug-likeness (QED) is 0.331. The lowest BCUT2D eigenvalue weighted by molar-refractivity contribution is -0.394. The summed E-state index contributed by atoms with van der Waals surface area (Å²) in [7, 11) is 3.65. The van der Waals surface area contributed by atoms with E-state index in [1.165, 1.54) is 0 Å². The lowest BCUT2D eigenvalue weighted by Crippen LogP contribution is -2.33. The molecule has 33 heavy (non-hydrogen) atoms. The number of nitro benzene ring substituents is 2. The van der Waals surface area contributed by atoms with Crippen LogP contribution in [0.15, 0.2) is 30.3 Å². The molecule has 0 spiro atoms. The average Bonchev–Trinajstić information content (AvgIpc) is 3.14. The highest BCUT2D eigenvalue weighted by Crippen LogP contribution is 2.33. The summed E-state index contributed by atoms with van der Waals surface area (Å²) in [4.78, 5) is 41.1. The Morgan fingerprint density at radius 2 is 1.64 bits per heavy atom. The molecule has 0 radical (unpaired) electrons. The molecule has 1 heterocycles. The molecule has 14 heteroatoms. The molecule has 0 saturated carbocycles. The molecular formula is C19H18ClF2N5O5S. The minimum atomic E-state index is -0.894. The summed E-state index contributed by atoms with van der Waals surface area (Å²) in [5.74, 6) is -2.48. The normalized spacial score (nSPS) is 10.8. The molecule has 10 nitrogen and oxygen atoms in total. The Hall–Kier alpha value is -3.29. The van der Waals surface area contributed by atoms with Gasteiger partial charge in [0.1, 0.15) is 11.3 Å². The van der Waals surface area contributed by atoms with Crippen molar-refractivity contribution in [3.05, 3.63) is 67.8 Å². The minimum absolute atomic E-state index is 0. The van der Waals surface area contributed by atoms with Crippen LogP contribution in [0.2, 0.25) is 0 Å². The third-order valence-electron chi connectivity index (χ3n) is 4.44. The standard InChI is InChI=1S/C19H17F2N5O5S.ClH/c1-23(2)4-3-5-24(19-22-17-15(21)8-12(20)9-16(17)32-19)18(27)11-6-13(25(28)29)10-14(7-11)26(30)31;/h6-10H,3-5H2,1-2H3;1H. The van der Waals surface area contributed by atoms with Crippen LogP contribution in [0.3, 0.4) is 0 Å². The number of fused-ring (bicyclic) bond motifs is 1. The Bertz CT molecular complexity index is 1190. The minimum Gasteiger partial charge on any atom is -0.309 e. The topological polar surface area (TPSA) is 123 Å². The first-order chi connectivity index (χ1) is 15.1. The predicted octanol–water partition coefficient (Wildman–Crippen LogP) is 4.41. The van der Waals surface area contributed by atoms with Crippen molar-refractivity contribution >= 4 is 56.4 Å². The number of amides is 1. The van der Waals surface area contributed by atoms with E-state index >= 15 is 0 Å². The van der Waals surface area contributed by atoms with Crippen molar-refractivity contribution in [3.8, 4) is 0 Å². The zero-order valence-electron chi connectivity index (χ0n) is 17.4. The third kappa shape index (κ3) is 5.94. The highest BCUT2D eigenvalue weighted by atomic mass is 35.5. The molecule has 2 aromatic carbocycles. The SMILES string of the molecule is CN(C)CCCN(C(=O)c1cc([N+](=O)[O-])cc([N+](=O)[O-])c1)c1nc2c(F)cc(F)cc2s1.Cl. The summed E-state index contributed by atoms with van der Waals surface area (Å²) in [6.45, 7) is 0.671. The molecule has 0 N–H and O–H groups in total. The van der Waals surface area contributed by atoms with E-state index in [-0.39, 0.29) is 39.9 Å². The highest BCUT2D eigenvalue weighted by molar-refractivity contribution is 7.22. The van der Waals surface area contributed by atoms with Crippen LogP contribution in [-0.2, 0) is 0 Å². The fourth-order valence-electron chi connectivity index (χ4n) is 2.98. The fourth-order valence-corrected chi connectivity index (χ4v) is 4.00. The van der Waals surface area contributed by atoms with Crippen LogP contribution in [0, 0.1) is 31.9 Å². The fraction of sp³-hybridized carbons (Fsp3) is 0.263. The van der Waals surface area contributed by atoms with E-state index in [2.05, 4.69) is 4.98 Å². The van der Waals surface area contributed by atoms with Crippen molar-refractivity contribution in [2.45, 2.75) is 6.42 Å². The highest BCUT2D eigenvalue weighted by Gasteiger charge is 2.26. The van der Waals surface area contributed by atoms with Crippen molar-refractivity contribution in [2.75, 3.05) is 32.1 Å². The molecule has 0 saturated heterocycles. The van der Waals surface area contributed by atoms with Crippen molar-refractivity contribution in [2.24, 2.45) is 0 Å². The van der Waals surface area contributed by atoms with Crippen molar-refractivity contribution < 1.29 is 23.4 Å². The molecule has 0 aliphatic rings. The van der Waals surface area contributed by atoms with E-state index in [0.29, 0.717) is 19.0 Å². The maximum absolute atomic E-state index is 14.1. The van der Waals surface area contributed by atoms with Gasteiger partial charge in [-0.25, -0.2) is 13.8 Å². The summed E-state index contributed by atoms with van der Waals surface area (Å²) in [6, 6.07) is 4.38. The van der Waals surface area contributed by atoms with Crippen LogP contribution in [0.5, 0.6) is 0 Å². The lowest BCUT2D eigenvalue weighted by Gasteiger charge is -2.21. The summed E-state index contributed by atoms with van der Waals surface area (Å²) < 4.78 is 27.9. The Labute approximate surface area is 196 Å². The molecule has 0 atom stereocenters. The first kappa shape index (κ1) is 26.0. The number of nitro groups is 2. The van der Waals surface area contributed by atoms with E-state index < -0.39 is 38.8 Å². The van der Waals surface area contributed by atoms with Gasteiger partial charge >= 0.3 is 0 Å². The molecule has 0 fully saturated rings. The summed E-state index contributed by atoms with van der Waals surface area (Å²) in [5, 5.41) is 22.4. The summed E-state index contributed by atoms with van der Waals surface area (Å²) in [5.41, 5.74) is -1.65. The van der Waals surface area contributed by atoms with E-state index in [4.69, 9.17) is 0 Å². The second kappa shape index (κ2) is 10.6. The number of anilines is 1. The maximum Gasteiger partial charge on any atom is 0.277 e. The van der Waals surface area contributed by atoms with Crippen molar-refractivity contribution in [3.63, 3.8) is 0 Å². The first-order valence-corrected chi connectivity index (χ1v) is 10.0. The molecule has 0 aliphatic carbocycles. The Morgan fingerprint density at radius 3 is 2.18 bits per heavy atom. The third-order valence-corrected chi connectivity index (χ3v) is 5.46. The van der Waals surface area contributed by atoms with Gasteiger partial charge in [-0.3, -0.25) is 29.9 Å².